The molecule has 2 heterocycles. The second-order valence-corrected chi connectivity index (χ2v) is 9.22. The van der Waals surface area contributed by atoms with Crippen molar-refractivity contribution >= 4 is 38.1 Å². The summed E-state index contributed by atoms with van der Waals surface area (Å²) in [5, 5.41) is 16.0. The Labute approximate surface area is 193 Å². The van der Waals surface area contributed by atoms with Crippen molar-refractivity contribution in [2.24, 2.45) is 0 Å². The normalized spacial score (nSPS) is 11.2. The van der Waals surface area contributed by atoms with Crippen molar-refractivity contribution in [3.05, 3.63) is 71.5 Å². The Hall–Kier alpha value is -3.84. The first-order valence-corrected chi connectivity index (χ1v) is 12.1. The van der Waals surface area contributed by atoms with Gasteiger partial charge in [0.1, 0.15) is 12.4 Å². The van der Waals surface area contributed by atoms with Crippen LogP contribution in [0.1, 0.15) is 23.1 Å². The van der Waals surface area contributed by atoms with Crippen LogP contribution in [0.25, 0.3) is 0 Å². The number of nitrogens with zero attached hydrogens (tertiary/aromatic N) is 5. The predicted octanol–water partition coefficient (Wildman–Crippen LogP) is 2.78. The van der Waals surface area contributed by atoms with Crippen LogP contribution in [0.2, 0.25) is 0 Å². The van der Waals surface area contributed by atoms with Gasteiger partial charge in [0.05, 0.1) is 4.90 Å². The van der Waals surface area contributed by atoms with Gasteiger partial charge in [0, 0.05) is 29.4 Å². The van der Waals surface area contributed by atoms with Crippen LogP contribution in [0.15, 0.2) is 65.0 Å². The molecule has 2 aromatic heterocycles. The molecule has 2 N–H and O–H groups in total. The molecule has 0 aliphatic carbocycles. The van der Waals surface area contributed by atoms with Crippen molar-refractivity contribution in [1.82, 2.24) is 25.2 Å². The van der Waals surface area contributed by atoms with E-state index in [4.69, 9.17) is 4.74 Å². The maximum absolute atomic E-state index is 12.5. The number of anilines is 2. The van der Waals surface area contributed by atoms with E-state index < -0.39 is 10.0 Å². The molecule has 0 aliphatic rings. The Kier molecular flexibility index (Phi) is 6.60. The zero-order valence-corrected chi connectivity index (χ0v) is 19.0. The second kappa shape index (κ2) is 9.75. The van der Waals surface area contributed by atoms with E-state index in [1.54, 1.807) is 34.3 Å². The number of benzene rings is 2. The highest BCUT2D eigenvalue weighted by atomic mass is 32.2. The van der Waals surface area contributed by atoms with Gasteiger partial charge in [0.2, 0.25) is 0 Å². The largest absolute Gasteiger partial charge is 0.486 e. The minimum absolute atomic E-state index is 0.0614. The molecule has 0 unspecified atom stereocenters. The van der Waals surface area contributed by atoms with Crippen LogP contribution < -0.4 is 14.8 Å². The molecule has 33 heavy (non-hydrogen) atoms. The van der Waals surface area contributed by atoms with Crippen LogP contribution in [0, 0.1) is 0 Å². The molecule has 0 aliphatic heterocycles. The quantitative estimate of drug-likeness (QED) is 0.369. The van der Waals surface area contributed by atoms with E-state index in [9.17, 15) is 13.2 Å². The van der Waals surface area contributed by atoms with Gasteiger partial charge in [-0.25, -0.2) is 18.1 Å². The number of carbonyl (C=O) groups excluding carboxylic acids is 1. The molecule has 13 heteroatoms. The molecule has 0 bridgehead atoms. The summed E-state index contributed by atoms with van der Waals surface area (Å²) in [6.07, 6.45) is 1.51. The lowest BCUT2D eigenvalue weighted by Gasteiger charge is -2.09. The van der Waals surface area contributed by atoms with Crippen molar-refractivity contribution < 1.29 is 17.9 Å². The topological polar surface area (TPSA) is 141 Å². The van der Waals surface area contributed by atoms with Crippen molar-refractivity contribution in [1.29, 1.82) is 0 Å². The average molecular weight is 486 g/mol. The number of carbonyl (C=O) groups is 1. The Morgan fingerprint density at radius 1 is 1.12 bits per heavy atom. The van der Waals surface area contributed by atoms with Gasteiger partial charge in [-0.3, -0.25) is 9.52 Å². The monoisotopic (exact) mass is 485 g/mol. The van der Waals surface area contributed by atoms with Crippen molar-refractivity contribution in [3.8, 4) is 5.75 Å². The zero-order chi connectivity index (χ0) is 23.3. The molecule has 0 spiro atoms. The summed E-state index contributed by atoms with van der Waals surface area (Å²) >= 11 is 1.18. The summed E-state index contributed by atoms with van der Waals surface area (Å²) in [7, 11) is -3.75. The average Bonchev–Trinajstić information content (AvgIpc) is 3.49. The van der Waals surface area contributed by atoms with Crippen molar-refractivity contribution in [2.75, 3.05) is 10.0 Å². The summed E-state index contributed by atoms with van der Waals surface area (Å²) in [4.78, 5) is 16.5. The lowest BCUT2D eigenvalue weighted by molar-refractivity contribution is 0.102. The number of sulfonamides is 1. The number of rotatable bonds is 9. The van der Waals surface area contributed by atoms with Crippen LogP contribution >= 0.6 is 11.3 Å². The fourth-order valence-electron chi connectivity index (χ4n) is 2.79. The molecular formula is C20H19N7O4S2. The number of ether oxygens (including phenoxy) is 1. The Morgan fingerprint density at radius 2 is 1.88 bits per heavy atom. The Balaban J connectivity index is 1.35. The van der Waals surface area contributed by atoms with Gasteiger partial charge in [-0.15, -0.1) is 16.4 Å². The molecule has 0 saturated carbocycles. The van der Waals surface area contributed by atoms with Crippen LogP contribution in [0.3, 0.4) is 0 Å². The fourth-order valence-corrected chi connectivity index (χ4v) is 4.58. The first kappa shape index (κ1) is 22.4. The lowest BCUT2D eigenvalue weighted by Crippen LogP contribution is -2.14. The summed E-state index contributed by atoms with van der Waals surface area (Å²) in [6, 6.07) is 12.5. The highest BCUT2D eigenvalue weighted by Gasteiger charge is 2.16. The molecule has 0 saturated heterocycles. The third kappa shape index (κ3) is 5.51. The van der Waals surface area contributed by atoms with E-state index in [1.807, 2.05) is 6.92 Å². The number of aryl methyl sites for hydroxylation is 1. The number of aromatic nitrogens is 5. The Morgan fingerprint density at radius 3 is 2.55 bits per heavy atom. The maximum Gasteiger partial charge on any atom is 0.263 e. The molecule has 1 amide bonds. The van der Waals surface area contributed by atoms with Gasteiger partial charge >= 0.3 is 0 Å². The van der Waals surface area contributed by atoms with Gasteiger partial charge in [-0.2, -0.15) is 0 Å². The minimum Gasteiger partial charge on any atom is -0.486 e. The molecule has 0 radical (unpaired) electrons. The van der Waals surface area contributed by atoms with Crippen molar-refractivity contribution in [2.45, 2.75) is 25.0 Å². The van der Waals surface area contributed by atoms with E-state index in [1.165, 1.54) is 41.8 Å². The summed E-state index contributed by atoms with van der Waals surface area (Å²) in [6.45, 7) is 2.78. The molecule has 4 aromatic rings. The number of hydrogen-bond donors (Lipinski definition) is 2. The summed E-state index contributed by atoms with van der Waals surface area (Å²) in [5.41, 5.74) is 0.878. The second-order valence-electron chi connectivity index (χ2n) is 6.65. The van der Waals surface area contributed by atoms with Gasteiger partial charge in [0.25, 0.3) is 15.9 Å². The highest BCUT2D eigenvalue weighted by molar-refractivity contribution is 7.93. The number of thiazole rings is 1. The van der Waals surface area contributed by atoms with E-state index in [0.29, 0.717) is 29.4 Å². The molecule has 0 atom stereocenters. The number of tetrazole rings is 1. The molecule has 4 rings (SSSR count). The fraction of sp³-hybridized carbons (Fsp3) is 0.150. The van der Waals surface area contributed by atoms with E-state index in [-0.39, 0.29) is 22.5 Å². The molecule has 2 aromatic carbocycles. The first-order valence-electron chi connectivity index (χ1n) is 9.76. The summed E-state index contributed by atoms with van der Waals surface area (Å²) in [5.74, 6) is 0.833. The number of nitrogens with one attached hydrogen (secondary N) is 2. The van der Waals surface area contributed by atoms with Gasteiger partial charge in [-0.1, -0.05) is 0 Å². The predicted molar refractivity (Wildman–Crippen MR) is 122 cm³/mol. The molecule has 0 fully saturated rings. The Bertz CT molecular complexity index is 1320. The van der Waals surface area contributed by atoms with Crippen LogP contribution in [-0.4, -0.2) is 39.5 Å². The van der Waals surface area contributed by atoms with E-state index in [0.717, 1.165) is 0 Å². The molecule has 11 nitrogen and oxygen atoms in total. The summed E-state index contributed by atoms with van der Waals surface area (Å²) < 4.78 is 34.5. The SMILES string of the molecule is CCn1nnnc1COc1ccc(C(=O)Nc2ccc(S(=O)(=O)Nc3nccs3)cc2)cc1. The number of hydrogen-bond acceptors (Lipinski definition) is 9. The minimum atomic E-state index is -3.75. The highest BCUT2D eigenvalue weighted by Crippen LogP contribution is 2.20. The van der Waals surface area contributed by atoms with Crippen LogP contribution in [0.5, 0.6) is 5.75 Å². The van der Waals surface area contributed by atoms with Gasteiger partial charge in [-0.05, 0) is 65.9 Å². The standard InChI is InChI=1S/C20H19N7O4S2/c1-2-27-18(23-25-26-27)13-31-16-7-3-14(4-8-16)19(28)22-15-5-9-17(10-6-15)33(29,30)24-20-21-11-12-32-20/h3-12H,2,13H2,1H3,(H,21,24)(H,22,28). The van der Waals surface area contributed by atoms with Gasteiger partial charge < -0.3 is 10.1 Å². The van der Waals surface area contributed by atoms with Gasteiger partial charge in [0.15, 0.2) is 11.0 Å². The third-order valence-corrected chi connectivity index (χ3v) is 6.64. The van der Waals surface area contributed by atoms with E-state index in [2.05, 4.69) is 30.5 Å². The van der Waals surface area contributed by atoms with Crippen LogP contribution in [-0.2, 0) is 23.2 Å². The molecular weight excluding hydrogens is 466 g/mol. The number of amides is 1. The first-order chi connectivity index (χ1) is 15.9. The smallest absolute Gasteiger partial charge is 0.263 e. The lowest BCUT2D eigenvalue weighted by atomic mass is 10.2. The van der Waals surface area contributed by atoms with Crippen LogP contribution in [0.4, 0.5) is 10.8 Å². The molecule has 170 valence electrons. The van der Waals surface area contributed by atoms with Crippen molar-refractivity contribution in [3.63, 3.8) is 0 Å². The third-order valence-electron chi connectivity index (χ3n) is 4.47. The zero-order valence-electron chi connectivity index (χ0n) is 17.4. The maximum atomic E-state index is 12.5. The van der Waals surface area contributed by atoms with E-state index >= 15 is 0 Å².